The monoisotopic (exact) mass is 419 g/mol. The number of quaternary nitrogens is 1. The zero-order valence-corrected chi connectivity index (χ0v) is 17.4. The van der Waals surface area contributed by atoms with Crippen molar-refractivity contribution in [2.75, 3.05) is 38.2 Å². The zero-order chi connectivity index (χ0) is 18.8. The lowest BCUT2D eigenvalue weighted by atomic mass is 10.2. The van der Waals surface area contributed by atoms with Crippen molar-refractivity contribution in [3.63, 3.8) is 0 Å². The quantitative estimate of drug-likeness (QED) is 0.692. The third-order valence-corrected chi connectivity index (χ3v) is 6.11. The molecule has 0 bridgehead atoms. The first kappa shape index (κ1) is 18.6. The minimum atomic E-state index is 0.642. The number of rotatable bonds is 3. The maximum absolute atomic E-state index is 6.52. The van der Waals surface area contributed by atoms with Crippen molar-refractivity contribution in [2.24, 2.45) is 4.99 Å². The van der Waals surface area contributed by atoms with Crippen molar-refractivity contribution in [3.8, 4) is 11.3 Å². The van der Waals surface area contributed by atoms with Gasteiger partial charge in [-0.3, -0.25) is 5.01 Å². The van der Waals surface area contributed by atoms with Gasteiger partial charge in [-0.1, -0.05) is 41.4 Å². The Morgan fingerprint density at radius 3 is 2.48 bits per heavy atom. The van der Waals surface area contributed by atoms with E-state index in [1.807, 2.05) is 42.5 Å². The predicted molar refractivity (Wildman–Crippen MR) is 114 cm³/mol. The van der Waals surface area contributed by atoms with Crippen LogP contribution in [0.25, 0.3) is 11.3 Å². The van der Waals surface area contributed by atoms with Gasteiger partial charge in [-0.2, -0.15) is 0 Å². The van der Waals surface area contributed by atoms with E-state index in [1.54, 1.807) is 22.3 Å². The van der Waals surface area contributed by atoms with Gasteiger partial charge in [0.05, 0.1) is 49.6 Å². The Hall–Kier alpha value is -1.79. The van der Waals surface area contributed by atoms with Gasteiger partial charge in [0.15, 0.2) is 0 Å². The number of likely N-dealkylation sites (N-methyl/N-ethyl adjacent to an activating group) is 1. The second-order valence-electron chi connectivity index (χ2n) is 6.70. The van der Waals surface area contributed by atoms with Gasteiger partial charge in [-0.25, -0.2) is 9.67 Å². The van der Waals surface area contributed by atoms with Crippen LogP contribution in [0.15, 0.2) is 58.9 Å². The molecule has 3 aromatic rings. The van der Waals surface area contributed by atoms with E-state index in [0.717, 1.165) is 47.9 Å². The van der Waals surface area contributed by atoms with Gasteiger partial charge < -0.3 is 4.90 Å². The van der Waals surface area contributed by atoms with Gasteiger partial charge in [0, 0.05) is 16.0 Å². The highest BCUT2D eigenvalue weighted by atomic mass is 35.5. The molecule has 1 fully saturated rings. The molecule has 0 amide bonds. The summed E-state index contributed by atoms with van der Waals surface area (Å²) >= 11 is 14.3. The van der Waals surface area contributed by atoms with Crippen LogP contribution in [0.5, 0.6) is 0 Å². The molecule has 4 rings (SSSR count). The van der Waals surface area contributed by atoms with Crippen LogP contribution in [0.1, 0.15) is 0 Å². The van der Waals surface area contributed by atoms with Gasteiger partial charge in [0.25, 0.3) is 0 Å². The maximum atomic E-state index is 6.52. The SMILES string of the molecule is C[NH+]1CCN(n2c(-c3ccc(Cl)cc3Cl)csc2=Nc2ccccc2)CC1. The molecule has 2 heterocycles. The van der Waals surface area contributed by atoms with Crippen molar-refractivity contribution in [1.82, 2.24) is 4.68 Å². The molecule has 1 aliphatic heterocycles. The molecule has 140 valence electrons. The molecule has 27 heavy (non-hydrogen) atoms. The van der Waals surface area contributed by atoms with Gasteiger partial charge in [0.2, 0.25) is 4.80 Å². The zero-order valence-electron chi connectivity index (χ0n) is 15.0. The largest absolute Gasteiger partial charge is 0.334 e. The van der Waals surface area contributed by atoms with Crippen molar-refractivity contribution in [2.45, 2.75) is 0 Å². The van der Waals surface area contributed by atoms with Crippen molar-refractivity contribution in [1.29, 1.82) is 0 Å². The highest BCUT2D eigenvalue weighted by molar-refractivity contribution is 7.07. The van der Waals surface area contributed by atoms with Crippen LogP contribution in [-0.2, 0) is 0 Å². The predicted octanol–water partition coefficient (Wildman–Crippen LogP) is 3.22. The minimum absolute atomic E-state index is 0.642. The summed E-state index contributed by atoms with van der Waals surface area (Å²) in [7, 11) is 2.24. The number of aromatic nitrogens is 1. The summed E-state index contributed by atoms with van der Waals surface area (Å²) in [6.45, 7) is 4.15. The second kappa shape index (κ2) is 8.07. The van der Waals surface area contributed by atoms with Crippen LogP contribution in [0.3, 0.4) is 0 Å². The molecule has 0 spiro atoms. The molecule has 0 unspecified atom stereocenters. The molecule has 1 saturated heterocycles. The molecule has 1 aliphatic rings. The van der Waals surface area contributed by atoms with Gasteiger partial charge in [-0.05, 0) is 30.3 Å². The summed E-state index contributed by atoms with van der Waals surface area (Å²) in [6, 6.07) is 15.7. The molecule has 0 atom stereocenters. The van der Waals surface area contributed by atoms with Gasteiger partial charge >= 0.3 is 0 Å². The normalized spacial score (nSPS) is 16.1. The number of para-hydroxylation sites is 1. The fourth-order valence-corrected chi connectivity index (χ4v) is 4.64. The Morgan fingerprint density at radius 1 is 1.04 bits per heavy atom. The number of thiazole rings is 1. The average molecular weight is 420 g/mol. The lowest BCUT2D eigenvalue weighted by Gasteiger charge is -2.33. The summed E-state index contributed by atoms with van der Waals surface area (Å²) < 4.78 is 2.22. The maximum Gasteiger partial charge on any atom is 0.209 e. The Morgan fingerprint density at radius 2 is 1.78 bits per heavy atom. The standard InChI is InChI=1S/C20H20Cl2N4S/c1-24-9-11-25(12-10-24)26-19(17-8-7-15(21)13-18(17)22)14-27-20(26)23-16-5-3-2-4-6-16/h2-8,13-14H,9-12H2,1H3/p+1. The van der Waals surface area contributed by atoms with Crippen LogP contribution in [0, 0.1) is 0 Å². The average Bonchev–Trinajstić information content (AvgIpc) is 3.06. The minimum Gasteiger partial charge on any atom is -0.334 e. The fraction of sp³-hybridized carbons (Fsp3) is 0.250. The summed E-state index contributed by atoms with van der Waals surface area (Å²) in [5.41, 5.74) is 2.97. The van der Waals surface area contributed by atoms with E-state index in [0.29, 0.717) is 10.0 Å². The van der Waals surface area contributed by atoms with E-state index in [2.05, 4.69) is 22.1 Å². The van der Waals surface area contributed by atoms with E-state index in [9.17, 15) is 0 Å². The van der Waals surface area contributed by atoms with Crippen LogP contribution < -0.4 is 14.7 Å². The number of nitrogens with one attached hydrogen (secondary N) is 1. The van der Waals surface area contributed by atoms with Gasteiger partial charge in [-0.15, -0.1) is 11.3 Å². The second-order valence-corrected chi connectivity index (χ2v) is 8.38. The first-order chi connectivity index (χ1) is 13.1. The van der Waals surface area contributed by atoms with Crippen molar-refractivity contribution >= 4 is 40.2 Å². The number of halogens is 2. The number of nitrogens with zero attached hydrogens (tertiary/aromatic N) is 3. The van der Waals surface area contributed by atoms with Gasteiger partial charge in [0.1, 0.15) is 0 Å². The summed E-state index contributed by atoms with van der Waals surface area (Å²) in [6.07, 6.45) is 0. The molecule has 0 radical (unpaired) electrons. The van der Waals surface area contributed by atoms with E-state index in [4.69, 9.17) is 28.2 Å². The lowest BCUT2D eigenvalue weighted by Crippen LogP contribution is -3.12. The number of hydrogen-bond acceptors (Lipinski definition) is 3. The Balaban J connectivity index is 1.85. The Kier molecular flexibility index (Phi) is 5.55. The van der Waals surface area contributed by atoms with Crippen LogP contribution >= 0.6 is 34.5 Å². The first-order valence-electron chi connectivity index (χ1n) is 8.94. The van der Waals surface area contributed by atoms with E-state index in [-0.39, 0.29) is 0 Å². The third-order valence-electron chi connectivity index (χ3n) is 4.75. The molecule has 2 aromatic carbocycles. The molecular formula is C20H21Cl2N4S+. The molecule has 0 saturated carbocycles. The molecule has 1 aromatic heterocycles. The first-order valence-corrected chi connectivity index (χ1v) is 10.6. The smallest absolute Gasteiger partial charge is 0.209 e. The van der Waals surface area contributed by atoms with Crippen LogP contribution in [-0.4, -0.2) is 37.9 Å². The number of piperazine rings is 1. The Bertz CT molecular complexity index is 989. The fourth-order valence-electron chi connectivity index (χ4n) is 3.22. The number of benzene rings is 2. The lowest BCUT2D eigenvalue weighted by molar-refractivity contribution is -0.880. The molecule has 1 N–H and O–H groups in total. The van der Waals surface area contributed by atoms with E-state index in [1.165, 1.54) is 0 Å². The number of hydrogen-bond donors (Lipinski definition) is 1. The Labute approximate surface area is 172 Å². The van der Waals surface area contributed by atoms with Crippen molar-refractivity contribution < 1.29 is 4.90 Å². The van der Waals surface area contributed by atoms with E-state index >= 15 is 0 Å². The molecule has 4 nitrogen and oxygen atoms in total. The summed E-state index contributed by atoms with van der Waals surface area (Å²) in [5, 5.41) is 5.79. The summed E-state index contributed by atoms with van der Waals surface area (Å²) in [4.78, 5) is 7.39. The topological polar surface area (TPSA) is 25.0 Å². The summed E-state index contributed by atoms with van der Waals surface area (Å²) in [5.74, 6) is 0. The van der Waals surface area contributed by atoms with E-state index < -0.39 is 0 Å². The third kappa shape index (κ3) is 4.06. The van der Waals surface area contributed by atoms with Crippen molar-refractivity contribution in [3.05, 3.63) is 68.8 Å². The highest BCUT2D eigenvalue weighted by Crippen LogP contribution is 2.31. The molecule has 0 aliphatic carbocycles. The molecular weight excluding hydrogens is 399 g/mol. The molecule has 7 heteroatoms. The highest BCUT2D eigenvalue weighted by Gasteiger charge is 2.22. The van der Waals surface area contributed by atoms with Crippen LogP contribution in [0.2, 0.25) is 10.0 Å². The van der Waals surface area contributed by atoms with Crippen LogP contribution in [0.4, 0.5) is 5.69 Å².